The SMILES string of the molecule is CCC(=O)c1cc(C(C)C)ccc1OCc1ccccc1. The summed E-state index contributed by atoms with van der Waals surface area (Å²) in [5.41, 5.74) is 2.96. The van der Waals surface area contributed by atoms with Gasteiger partial charge in [0.05, 0.1) is 5.56 Å². The lowest BCUT2D eigenvalue weighted by Crippen LogP contribution is -2.05. The van der Waals surface area contributed by atoms with Crippen LogP contribution in [0.5, 0.6) is 5.75 Å². The van der Waals surface area contributed by atoms with Gasteiger partial charge >= 0.3 is 0 Å². The van der Waals surface area contributed by atoms with Gasteiger partial charge in [-0.2, -0.15) is 0 Å². The molecule has 0 heterocycles. The minimum absolute atomic E-state index is 0.126. The van der Waals surface area contributed by atoms with Crippen LogP contribution < -0.4 is 4.74 Å². The van der Waals surface area contributed by atoms with Gasteiger partial charge in [-0.3, -0.25) is 4.79 Å². The predicted octanol–water partition coefficient (Wildman–Crippen LogP) is 4.98. The van der Waals surface area contributed by atoms with Gasteiger partial charge in [0, 0.05) is 6.42 Å². The zero-order valence-corrected chi connectivity index (χ0v) is 12.9. The molecule has 0 aliphatic carbocycles. The van der Waals surface area contributed by atoms with Crippen molar-refractivity contribution in [3.8, 4) is 5.75 Å². The Labute approximate surface area is 126 Å². The van der Waals surface area contributed by atoms with Crippen LogP contribution in [-0.2, 0) is 6.61 Å². The Balaban J connectivity index is 2.23. The third kappa shape index (κ3) is 3.94. The monoisotopic (exact) mass is 282 g/mol. The van der Waals surface area contributed by atoms with Crippen molar-refractivity contribution in [1.82, 2.24) is 0 Å². The molecule has 0 amide bonds. The van der Waals surface area contributed by atoms with Gasteiger partial charge in [-0.05, 0) is 29.2 Å². The highest BCUT2D eigenvalue weighted by molar-refractivity contribution is 5.98. The second-order valence-electron chi connectivity index (χ2n) is 5.46. The summed E-state index contributed by atoms with van der Waals surface area (Å²) in [7, 11) is 0. The van der Waals surface area contributed by atoms with Crippen LogP contribution in [0, 0.1) is 0 Å². The van der Waals surface area contributed by atoms with E-state index in [1.54, 1.807) is 0 Å². The van der Waals surface area contributed by atoms with Crippen LogP contribution in [0.1, 0.15) is 54.6 Å². The number of hydrogen-bond acceptors (Lipinski definition) is 2. The molecule has 2 aromatic carbocycles. The van der Waals surface area contributed by atoms with E-state index in [2.05, 4.69) is 13.8 Å². The molecule has 2 nitrogen and oxygen atoms in total. The molecular formula is C19H22O2. The van der Waals surface area contributed by atoms with E-state index in [1.807, 2.05) is 55.5 Å². The van der Waals surface area contributed by atoms with Gasteiger partial charge in [-0.1, -0.05) is 57.2 Å². The van der Waals surface area contributed by atoms with E-state index < -0.39 is 0 Å². The Morgan fingerprint density at radius 3 is 2.43 bits per heavy atom. The standard InChI is InChI=1S/C19H22O2/c1-4-18(20)17-12-16(14(2)3)10-11-19(17)21-13-15-8-6-5-7-9-15/h5-12,14H,4,13H2,1-3H3. The maximum atomic E-state index is 12.1. The largest absolute Gasteiger partial charge is 0.488 e. The highest BCUT2D eigenvalue weighted by Crippen LogP contribution is 2.26. The number of carbonyl (C=O) groups is 1. The van der Waals surface area contributed by atoms with Crippen LogP contribution in [0.25, 0.3) is 0 Å². The van der Waals surface area contributed by atoms with Crippen molar-refractivity contribution in [1.29, 1.82) is 0 Å². The second kappa shape index (κ2) is 7.07. The van der Waals surface area contributed by atoms with Crippen LogP contribution in [0.15, 0.2) is 48.5 Å². The number of Topliss-reactive ketones (excluding diaryl/α,β-unsaturated/α-hetero) is 1. The maximum absolute atomic E-state index is 12.1. The van der Waals surface area contributed by atoms with Gasteiger partial charge in [-0.25, -0.2) is 0 Å². The first-order chi connectivity index (χ1) is 10.1. The van der Waals surface area contributed by atoms with Crippen LogP contribution in [0.3, 0.4) is 0 Å². The van der Waals surface area contributed by atoms with E-state index in [-0.39, 0.29) is 5.78 Å². The van der Waals surface area contributed by atoms with E-state index in [4.69, 9.17) is 4.74 Å². The summed E-state index contributed by atoms with van der Waals surface area (Å²) in [5, 5.41) is 0. The van der Waals surface area contributed by atoms with Crippen LogP contribution >= 0.6 is 0 Å². The summed E-state index contributed by atoms with van der Waals surface area (Å²) in [6, 6.07) is 15.9. The molecule has 0 unspecified atom stereocenters. The van der Waals surface area contributed by atoms with E-state index in [0.29, 0.717) is 30.3 Å². The first-order valence-corrected chi connectivity index (χ1v) is 7.45. The third-order valence-electron chi connectivity index (χ3n) is 3.53. The van der Waals surface area contributed by atoms with E-state index >= 15 is 0 Å². The van der Waals surface area contributed by atoms with Gasteiger partial charge in [0.1, 0.15) is 12.4 Å². The molecule has 0 N–H and O–H groups in total. The van der Waals surface area contributed by atoms with E-state index in [0.717, 1.165) is 5.56 Å². The fraction of sp³-hybridized carbons (Fsp3) is 0.316. The Bertz CT molecular complexity index is 600. The van der Waals surface area contributed by atoms with E-state index in [1.165, 1.54) is 5.56 Å². The number of ketones is 1. The molecule has 110 valence electrons. The van der Waals surface area contributed by atoms with Gasteiger partial charge in [0.2, 0.25) is 0 Å². The molecule has 0 aliphatic heterocycles. The zero-order valence-electron chi connectivity index (χ0n) is 12.9. The van der Waals surface area contributed by atoms with Crippen LogP contribution in [-0.4, -0.2) is 5.78 Å². The molecule has 0 saturated carbocycles. The number of hydrogen-bond donors (Lipinski definition) is 0. The Kier molecular flexibility index (Phi) is 5.15. The van der Waals surface area contributed by atoms with Gasteiger partial charge < -0.3 is 4.74 Å². The van der Waals surface area contributed by atoms with Crippen LogP contribution in [0.4, 0.5) is 0 Å². The molecule has 0 bridgehead atoms. The molecule has 0 aliphatic rings. The summed E-state index contributed by atoms with van der Waals surface area (Å²) in [6.07, 6.45) is 0.489. The van der Waals surface area contributed by atoms with Crippen molar-refractivity contribution in [2.45, 2.75) is 39.7 Å². The Morgan fingerprint density at radius 2 is 1.81 bits per heavy atom. The lowest BCUT2D eigenvalue weighted by atomic mass is 9.98. The highest BCUT2D eigenvalue weighted by Gasteiger charge is 2.13. The van der Waals surface area contributed by atoms with Crippen molar-refractivity contribution in [2.75, 3.05) is 0 Å². The smallest absolute Gasteiger partial charge is 0.166 e. The maximum Gasteiger partial charge on any atom is 0.166 e. The molecule has 0 saturated heterocycles. The molecule has 0 aromatic heterocycles. The summed E-state index contributed by atoms with van der Waals surface area (Å²) in [6.45, 7) is 6.61. The molecule has 0 atom stereocenters. The summed E-state index contributed by atoms with van der Waals surface area (Å²) in [5.74, 6) is 1.20. The van der Waals surface area contributed by atoms with Crippen molar-refractivity contribution in [2.24, 2.45) is 0 Å². The molecule has 0 fully saturated rings. The van der Waals surface area contributed by atoms with Gasteiger partial charge in [0.25, 0.3) is 0 Å². The number of rotatable bonds is 6. The van der Waals surface area contributed by atoms with E-state index in [9.17, 15) is 4.79 Å². The van der Waals surface area contributed by atoms with Crippen molar-refractivity contribution in [3.05, 3.63) is 65.2 Å². The second-order valence-corrected chi connectivity index (χ2v) is 5.46. The highest BCUT2D eigenvalue weighted by atomic mass is 16.5. The van der Waals surface area contributed by atoms with Crippen LogP contribution in [0.2, 0.25) is 0 Å². The first kappa shape index (κ1) is 15.3. The normalized spacial score (nSPS) is 10.7. The zero-order chi connectivity index (χ0) is 15.2. The molecule has 21 heavy (non-hydrogen) atoms. The quantitative estimate of drug-likeness (QED) is 0.698. The summed E-state index contributed by atoms with van der Waals surface area (Å²) < 4.78 is 5.86. The minimum atomic E-state index is 0.126. The molecule has 0 spiro atoms. The summed E-state index contributed by atoms with van der Waals surface area (Å²) >= 11 is 0. The minimum Gasteiger partial charge on any atom is -0.488 e. The fourth-order valence-corrected chi connectivity index (χ4v) is 2.18. The Morgan fingerprint density at radius 1 is 1.10 bits per heavy atom. The van der Waals surface area contributed by atoms with Gasteiger partial charge in [0.15, 0.2) is 5.78 Å². The average Bonchev–Trinajstić information content (AvgIpc) is 2.52. The third-order valence-corrected chi connectivity index (χ3v) is 3.53. The first-order valence-electron chi connectivity index (χ1n) is 7.45. The molecule has 2 rings (SSSR count). The van der Waals surface area contributed by atoms with Crippen molar-refractivity contribution in [3.63, 3.8) is 0 Å². The number of carbonyl (C=O) groups excluding carboxylic acids is 1. The molecule has 2 aromatic rings. The predicted molar refractivity (Wildman–Crippen MR) is 85.9 cm³/mol. The fourth-order valence-electron chi connectivity index (χ4n) is 2.18. The summed E-state index contributed by atoms with van der Waals surface area (Å²) in [4.78, 5) is 12.1. The lowest BCUT2D eigenvalue weighted by molar-refractivity contribution is 0.0983. The lowest BCUT2D eigenvalue weighted by Gasteiger charge is -2.14. The van der Waals surface area contributed by atoms with Gasteiger partial charge in [-0.15, -0.1) is 0 Å². The molecule has 0 radical (unpaired) electrons. The molecule has 2 heteroatoms. The van der Waals surface area contributed by atoms with Crippen molar-refractivity contribution < 1.29 is 9.53 Å². The Hall–Kier alpha value is -2.09. The molecular weight excluding hydrogens is 260 g/mol. The number of benzene rings is 2. The average molecular weight is 282 g/mol. The van der Waals surface area contributed by atoms with Crippen molar-refractivity contribution >= 4 is 5.78 Å². The topological polar surface area (TPSA) is 26.3 Å². The number of ether oxygens (including phenoxy) is 1.